The molecule has 0 radical (unpaired) electrons. The van der Waals surface area contributed by atoms with E-state index in [1.54, 1.807) is 24.3 Å². The minimum atomic E-state index is -0.197. The third kappa shape index (κ3) is 5.05. The third-order valence-electron chi connectivity index (χ3n) is 3.03. The van der Waals surface area contributed by atoms with Gasteiger partial charge in [-0.1, -0.05) is 0 Å². The van der Waals surface area contributed by atoms with Crippen molar-refractivity contribution in [3.63, 3.8) is 0 Å². The fourth-order valence-electron chi connectivity index (χ4n) is 1.76. The first-order valence-corrected chi connectivity index (χ1v) is 7.10. The number of aromatic nitrogens is 2. The van der Waals surface area contributed by atoms with E-state index in [-0.39, 0.29) is 5.91 Å². The number of benzene rings is 1. The molecule has 1 heterocycles. The van der Waals surface area contributed by atoms with E-state index in [9.17, 15) is 4.79 Å². The molecule has 0 unspecified atom stereocenters. The summed E-state index contributed by atoms with van der Waals surface area (Å²) < 4.78 is 0. The van der Waals surface area contributed by atoms with Crippen molar-refractivity contribution < 1.29 is 4.79 Å². The van der Waals surface area contributed by atoms with Gasteiger partial charge in [0.1, 0.15) is 0 Å². The van der Waals surface area contributed by atoms with Crippen LogP contribution >= 0.6 is 0 Å². The highest BCUT2D eigenvalue weighted by atomic mass is 16.1. The Morgan fingerprint density at radius 3 is 2.43 bits per heavy atom. The number of nitrogens with zero attached hydrogens (tertiary/aromatic N) is 4. The summed E-state index contributed by atoms with van der Waals surface area (Å²) in [6.07, 6.45) is 2.95. The van der Waals surface area contributed by atoms with Crippen molar-refractivity contribution in [2.75, 3.05) is 32.5 Å². The molecular weight excluding hydrogens is 292 g/mol. The van der Waals surface area contributed by atoms with Gasteiger partial charge < -0.3 is 15.5 Å². The Morgan fingerprint density at radius 1 is 1.22 bits per heavy atom. The quantitative estimate of drug-likeness (QED) is 0.837. The van der Waals surface area contributed by atoms with E-state index in [2.05, 4.69) is 26.7 Å². The molecule has 7 heteroatoms. The molecule has 0 saturated heterocycles. The normalized spacial score (nSPS) is 10.2. The number of carbonyl (C=O) groups excluding carboxylic acids is 1. The Hall–Kier alpha value is -2.98. The van der Waals surface area contributed by atoms with Crippen LogP contribution in [0.5, 0.6) is 0 Å². The Kier molecular flexibility index (Phi) is 5.61. The molecule has 2 rings (SSSR count). The third-order valence-corrected chi connectivity index (χ3v) is 3.03. The minimum absolute atomic E-state index is 0.197. The van der Waals surface area contributed by atoms with Gasteiger partial charge in [-0.05, 0) is 38.4 Å². The first kappa shape index (κ1) is 16.4. The molecule has 0 fully saturated rings. The van der Waals surface area contributed by atoms with Crippen molar-refractivity contribution in [3.05, 3.63) is 47.8 Å². The van der Waals surface area contributed by atoms with Gasteiger partial charge in [-0.25, -0.2) is 9.97 Å². The zero-order valence-corrected chi connectivity index (χ0v) is 13.1. The summed E-state index contributed by atoms with van der Waals surface area (Å²) in [4.78, 5) is 22.1. The number of carbonyl (C=O) groups is 1. The second-order valence-corrected chi connectivity index (χ2v) is 5.17. The Morgan fingerprint density at radius 2 is 1.87 bits per heavy atom. The number of anilines is 2. The molecule has 1 amide bonds. The lowest BCUT2D eigenvalue weighted by Gasteiger charge is -2.10. The first-order valence-electron chi connectivity index (χ1n) is 7.10. The Balaban J connectivity index is 1.93. The van der Waals surface area contributed by atoms with Gasteiger partial charge in [-0.3, -0.25) is 4.79 Å². The highest BCUT2D eigenvalue weighted by Crippen LogP contribution is 2.13. The first-order chi connectivity index (χ1) is 11.1. The van der Waals surface area contributed by atoms with Crippen LogP contribution in [-0.2, 0) is 0 Å². The number of rotatable bonds is 6. The average Bonchev–Trinajstić information content (AvgIpc) is 2.56. The van der Waals surface area contributed by atoms with Gasteiger partial charge in [0.25, 0.3) is 5.91 Å². The van der Waals surface area contributed by atoms with E-state index in [4.69, 9.17) is 5.26 Å². The lowest BCUT2D eigenvalue weighted by molar-refractivity contribution is 0.0950. The number of hydrogen-bond donors (Lipinski definition) is 2. The molecule has 0 aliphatic carbocycles. The minimum Gasteiger partial charge on any atom is -0.351 e. The van der Waals surface area contributed by atoms with Crippen LogP contribution in [0.25, 0.3) is 0 Å². The fourth-order valence-corrected chi connectivity index (χ4v) is 1.76. The van der Waals surface area contributed by atoms with Crippen LogP contribution in [0.15, 0.2) is 36.7 Å². The van der Waals surface area contributed by atoms with Crippen LogP contribution < -0.4 is 10.6 Å². The predicted octanol–water partition coefficient (Wildman–Crippen LogP) is 1.38. The summed E-state index contributed by atoms with van der Waals surface area (Å²) in [6.45, 7) is 1.34. The number of nitriles is 1. The maximum atomic E-state index is 11.9. The van der Waals surface area contributed by atoms with Crippen LogP contribution in [0.4, 0.5) is 11.6 Å². The number of nitrogens with one attached hydrogen (secondary N) is 2. The molecule has 0 spiro atoms. The molecule has 0 aliphatic heterocycles. The molecular formula is C16H18N6O. The number of amides is 1. The molecule has 2 aromatic rings. The lowest BCUT2D eigenvalue weighted by atomic mass is 10.2. The Labute approximate surface area is 135 Å². The van der Waals surface area contributed by atoms with Gasteiger partial charge in [0.05, 0.1) is 17.2 Å². The SMILES string of the molecule is CN(C)CCNC(=O)c1cnc(Nc2ccc(C#N)cc2)nc1. The van der Waals surface area contributed by atoms with Crippen LogP contribution in [0.1, 0.15) is 15.9 Å². The Bertz CT molecular complexity index is 688. The van der Waals surface area contributed by atoms with Gasteiger partial charge in [0.2, 0.25) is 5.95 Å². The van der Waals surface area contributed by atoms with Gasteiger partial charge in [-0.15, -0.1) is 0 Å². The van der Waals surface area contributed by atoms with E-state index in [0.29, 0.717) is 23.6 Å². The largest absolute Gasteiger partial charge is 0.351 e. The van der Waals surface area contributed by atoms with Crippen molar-refractivity contribution in [1.82, 2.24) is 20.2 Å². The van der Waals surface area contributed by atoms with Gasteiger partial charge in [0.15, 0.2) is 0 Å². The van der Waals surface area contributed by atoms with Crippen molar-refractivity contribution in [3.8, 4) is 6.07 Å². The summed E-state index contributed by atoms with van der Waals surface area (Å²) in [7, 11) is 3.89. The molecule has 7 nitrogen and oxygen atoms in total. The van der Waals surface area contributed by atoms with Crippen molar-refractivity contribution in [1.29, 1.82) is 5.26 Å². The van der Waals surface area contributed by atoms with Crippen molar-refractivity contribution >= 4 is 17.5 Å². The van der Waals surface area contributed by atoms with Gasteiger partial charge in [-0.2, -0.15) is 5.26 Å². The highest BCUT2D eigenvalue weighted by molar-refractivity contribution is 5.93. The van der Waals surface area contributed by atoms with Crippen LogP contribution in [-0.4, -0.2) is 48.0 Å². The molecule has 1 aromatic heterocycles. The second-order valence-electron chi connectivity index (χ2n) is 5.17. The summed E-state index contributed by atoms with van der Waals surface area (Å²) >= 11 is 0. The van der Waals surface area contributed by atoms with E-state index >= 15 is 0 Å². The summed E-state index contributed by atoms with van der Waals surface area (Å²) in [5, 5.41) is 14.6. The smallest absolute Gasteiger partial charge is 0.254 e. The average molecular weight is 310 g/mol. The molecule has 0 bridgehead atoms. The molecule has 1 aromatic carbocycles. The highest BCUT2D eigenvalue weighted by Gasteiger charge is 2.07. The molecule has 2 N–H and O–H groups in total. The van der Waals surface area contributed by atoms with E-state index < -0.39 is 0 Å². The summed E-state index contributed by atoms with van der Waals surface area (Å²) in [5.41, 5.74) is 1.77. The molecule has 0 atom stereocenters. The molecule has 0 saturated carbocycles. The molecule has 118 valence electrons. The lowest BCUT2D eigenvalue weighted by Crippen LogP contribution is -2.31. The van der Waals surface area contributed by atoms with E-state index in [0.717, 1.165) is 12.2 Å². The zero-order valence-electron chi connectivity index (χ0n) is 13.1. The monoisotopic (exact) mass is 310 g/mol. The van der Waals surface area contributed by atoms with Crippen molar-refractivity contribution in [2.24, 2.45) is 0 Å². The molecule has 23 heavy (non-hydrogen) atoms. The topological polar surface area (TPSA) is 93.9 Å². The maximum absolute atomic E-state index is 11.9. The van der Waals surface area contributed by atoms with Crippen LogP contribution in [0, 0.1) is 11.3 Å². The summed E-state index contributed by atoms with van der Waals surface area (Å²) in [6, 6.07) is 9.00. The molecule has 0 aliphatic rings. The fraction of sp³-hybridized carbons (Fsp3) is 0.250. The van der Waals surface area contributed by atoms with Crippen LogP contribution in [0.3, 0.4) is 0 Å². The van der Waals surface area contributed by atoms with E-state index in [1.807, 2.05) is 19.0 Å². The van der Waals surface area contributed by atoms with Gasteiger partial charge in [0, 0.05) is 31.2 Å². The zero-order chi connectivity index (χ0) is 16.7. The number of hydrogen-bond acceptors (Lipinski definition) is 6. The summed E-state index contributed by atoms with van der Waals surface area (Å²) in [5.74, 6) is 0.191. The standard InChI is InChI=1S/C16H18N6O/c1-22(2)8-7-18-15(23)13-10-19-16(20-11-13)21-14-5-3-12(9-17)4-6-14/h3-6,10-11H,7-8H2,1-2H3,(H,18,23)(H,19,20,21). The van der Waals surface area contributed by atoms with Gasteiger partial charge >= 0.3 is 0 Å². The number of likely N-dealkylation sites (N-methyl/N-ethyl adjacent to an activating group) is 1. The van der Waals surface area contributed by atoms with E-state index in [1.165, 1.54) is 12.4 Å². The predicted molar refractivity (Wildman–Crippen MR) is 87.4 cm³/mol. The maximum Gasteiger partial charge on any atom is 0.254 e. The van der Waals surface area contributed by atoms with Crippen molar-refractivity contribution in [2.45, 2.75) is 0 Å². The second kappa shape index (κ2) is 7.87. The van der Waals surface area contributed by atoms with Crippen LogP contribution in [0.2, 0.25) is 0 Å².